The van der Waals surface area contributed by atoms with Crippen LogP contribution in [0.25, 0.3) is 0 Å². The lowest BCUT2D eigenvalue weighted by Gasteiger charge is -2.36. The van der Waals surface area contributed by atoms with E-state index in [0.717, 1.165) is 37.0 Å². The van der Waals surface area contributed by atoms with Crippen LogP contribution in [0.3, 0.4) is 0 Å². The summed E-state index contributed by atoms with van der Waals surface area (Å²) in [5.41, 5.74) is 3.69. The van der Waals surface area contributed by atoms with Crippen LogP contribution in [-0.4, -0.2) is 14.1 Å². The topological polar surface area (TPSA) is 26.3 Å². The third-order valence-corrected chi connectivity index (χ3v) is 10.6. The molecule has 0 spiro atoms. The predicted molar refractivity (Wildman–Crippen MR) is 122 cm³/mol. The average Bonchev–Trinajstić information content (AvgIpc) is 2.89. The van der Waals surface area contributed by atoms with Crippen LogP contribution in [-0.2, 0) is 11.2 Å². The van der Waals surface area contributed by atoms with E-state index >= 15 is 0 Å². The molecule has 2 nitrogen and oxygen atoms in total. The van der Waals surface area contributed by atoms with Crippen molar-refractivity contribution in [1.82, 2.24) is 0 Å². The van der Waals surface area contributed by atoms with Crippen LogP contribution < -0.4 is 4.43 Å². The SMILES string of the molecule is CC1=C(CC/C=C/C(C)Cc2cccc(O[Si](C)(C)C(C)(C)C)c2)C(=O)CC1. The van der Waals surface area contributed by atoms with Gasteiger partial charge in [0.15, 0.2) is 5.78 Å². The van der Waals surface area contributed by atoms with E-state index in [-0.39, 0.29) is 5.04 Å². The third kappa shape index (κ3) is 6.20. The third-order valence-electron chi connectivity index (χ3n) is 6.24. The van der Waals surface area contributed by atoms with Crippen LogP contribution in [0.2, 0.25) is 18.1 Å². The highest BCUT2D eigenvalue weighted by Gasteiger charge is 2.38. The molecule has 0 aliphatic heterocycles. The Hall–Kier alpha value is -1.61. The normalized spacial score (nSPS) is 16.9. The number of benzene rings is 1. The number of Topliss-reactive ketones (excluding diaryl/α,β-unsaturated/α-hetero) is 1. The van der Waals surface area contributed by atoms with Crippen molar-refractivity contribution in [1.29, 1.82) is 0 Å². The Kier molecular flexibility index (Phi) is 7.50. The zero-order chi connectivity index (χ0) is 20.9. The maximum Gasteiger partial charge on any atom is 0.250 e. The van der Waals surface area contributed by atoms with Crippen molar-refractivity contribution in [3.63, 3.8) is 0 Å². The van der Waals surface area contributed by atoms with Gasteiger partial charge in [0.1, 0.15) is 5.75 Å². The number of carbonyl (C=O) groups excluding carboxylic acids is 1. The van der Waals surface area contributed by atoms with Crippen molar-refractivity contribution in [3.8, 4) is 5.75 Å². The summed E-state index contributed by atoms with van der Waals surface area (Å²) in [6, 6.07) is 8.58. The molecule has 1 aliphatic carbocycles. The minimum Gasteiger partial charge on any atom is -0.543 e. The molecule has 1 aliphatic rings. The number of ketones is 1. The van der Waals surface area contributed by atoms with Crippen LogP contribution in [0, 0.1) is 5.92 Å². The summed E-state index contributed by atoms with van der Waals surface area (Å²) in [4.78, 5) is 11.9. The quantitative estimate of drug-likeness (QED) is 0.340. The van der Waals surface area contributed by atoms with Crippen molar-refractivity contribution in [3.05, 3.63) is 53.1 Å². The molecule has 1 atom stereocenters. The van der Waals surface area contributed by atoms with E-state index in [2.05, 4.69) is 84.1 Å². The molecule has 0 amide bonds. The molecule has 0 aromatic heterocycles. The standard InChI is InChI=1S/C25H38O2Si/c1-19(11-8-9-14-23-20(2)15-16-24(23)26)17-21-12-10-13-22(18-21)27-28(6,7)25(3,4)5/h8,10-13,18-19H,9,14-17H2,1-7H3/b11-8+. The highest BCUT2D eigenvalue weighted by Crippen LogP contribution is 2.37. The van der Waals surface area contributed by atoms with Crippen LogP contribution in [0.5, 0.6) is 5.75 Å². The fourth-order valence-electron chi connectivity index (χ4n) is 3.37. The minimum absolute atomic E-state index is 0.202. The van der Waals surface area contributed by atoms with Crippen molar-refractivity contribution < 1.29 is 9.22 Å². The van der Waals surface area contributed by atoms with Gasteiger partial charge in [-0.1, -0.05) is 57.6 Å². The first-order valence-corrected chi connectivity index (χ1v) is 13.6. The van der Waals surface area contributed by atoms with Gasteiger partial charge in [-0.05, 0) is 79.9 Å². The fourth-order valence-corrected chi connectivity index (χ4v) is 4.40. The Morgan fingerprint density at radius 3 is 2.54 bits per heavy atom. The maximum absolute atomic E-state index is 11.9. The molecule has 154 valence electrons. The molecule has 2 rings (SSSR count). The first kappa shape index (κ1) is 22.7. The molecule has 3 heteroatoms. The number of allylic oxidation sites excluding steroid dienone is 4. The summed E-state index contributed by atoms with van der Waals surface area (Å²) in [5, 5.41) is 0.202. The minimum atomic E-state index is -1.80. The van der Waals surface area contributed by atoms with Gasteiger partial charge in [0.2, 0.25) is 8.32 Å². The zero-order valence-corrected chi connectivity index (χ0v) is 19.9. The molecule has 0 bridgehead atoms. The van der Waals surface area contributed by atoms with Gasteiger partial charge < -0.3 is 4.43 Å². The van der Waals surface area contributed by atoms with Crippen molar-refractivity contribution in [2.24, 2.45) is 5.92 Å². The van der Waals surface area contributed by atoms with Crippen molar-refractivity contribution in [2.75, 3.05) is 0 Å². The van der Waals surface area contributed by atoms with E-state index in [1.165, 1.54) is 11.1 Å². The lowest BCUT2D eigenvalue weighted by molar-refractivity contribution is -0.115. The van der Waals surface area contributed by atoms with E-state index in [4.69, 9.17) is 4.43 Å². The van der Waals surface area contributed by atoms with E-state index in [1.807, 2.05) is 0 Å². The van der Waals surface area contributed by atoms with Gasteiger partial charge in [-0.3, -0.25) is 4.79 Å². The number of carbonyl (C=O) groups is 1. The summed E-state index contributed by atoms with van der Waals surface area (Å²) < 4.78 is 6.45. The molecule has 28 heavy (non-hydrogen) atoms. The van der Waals surface area contributed by atoms with Crippen LogP contribution in [0.15, 0.2) is 47.6 Å². The Morgan fingerprint density at radius 2 is 1.93 bits per heavy atom. The van der Waals surface area contributed by atoms with E-state index in [1.54, 1.807) is 0 Å². The Bertz CT molecular complexity index is 750. The fraction of sp³-hybridized carbons (Fsp3) is 0.560. The molecule has 0 heterocycles. The second-order valence-corrected chi connectivity index (χ2v) is 14.6. The maximum atomic E-state index is 11.9. The lowest BCUT2D eigenvalue weighted by atomic mass is 9.99. The van der Waals surface area contributed by atoms with Gasteiger partial charge >= 0.3 is 0 Å². The molecule has 1 unspecified atom stereocenters. The summed E-state index contributed by atoms with van der Waals surface area (Å²) in [6.07, 6.45) is 9.06. The summed E-state index contributed by atoms with van der Waals surface area (Å²) in [5.74, 6) is 1.83. The van der Waals surface area contributed by atoms with Crippen LogP contribution in [0.1, 0.15) is 65.9 Å². The van der Waals surface area contributed by atoms with Gasteiger partial charge in [-0.15, -0.1) is 0 Å². The average molecular weight is 399 g/mol. The van der Waals surface area contributed by atoms with Gasteiger partial charge in [0.25, 0.3) is 0 Å². The van der Waals surface area contributed by atoms with Crippen LogP contribution in [0.4, 0.5) is 0 Å². The first-order chi connectivity index (χ1) is 13.0. The van der Waals surface area contributed by atoms with Crippen molar-refractivity contribution in [2.45, 2.75) is 84.9 Å². The van der Waals surface area contributed by atoms with Crippen molar-refractivity contribution >= 4 is 14.1 Å². The molecule has 1 aromatic rings. The molecule has 0 saturated carbocycles. The van der Waals surface area contributed by atoms with Gasteiger partial charge in [-0.2, -0.15) is 0 Å². The molecule has 0 saturated heterocycles. The lowest BCUT2D eigenvalue weighted by Crippen LogP contribution is -2.43. The zero-order valence-electron chi connectivity index (χ0n) is 18.9. The molecule has 0 radical (unpaired) electrons. The Balaban J connectivity index is 1.89. The first-order valence-electron chi connectivity index (χ1n) is 10.7. The molecule has 1 aromatic carbocycles. The Morgan fingerprint density at radius 1 is 1.21 bits per heavy atom. The van der Waals surface area contributed by atoms with E-state index in [0.29, 0.717) is 18.1 Å². The predicted octanol–water partition coefficient (Wildman–Crippen LogP) is 7.27. The molecular weight excluding hydrogens is 360 g/mol. The largest absolute Gasteiger partial charge is 0.543 e. The second-order valence-electron chi connectivity index (χ2n) is 9.84. The highest BCUT2D eigenvalue weighted by molar-refractivity contribution is 6.74. The van der Waals surface area contributed by atoms with Gasteiger partial charge in [-0.25, -0.2) is 0 Å². The van der Waals surface area contributed by atoms with E-state index in [9.17, 15) is 4.79 Å². The molecule has 0 N–H and O–H groups in total. The number of hydrogen-bond donors (Lipinski definition) is 0. The number of hydrogen-bond acceptors (Lipinski definition) is 2. The molecule has 0 fully saturated rings. The highest BCUT2D eigenvalue weighted by atomic mass is 28.4. The Labute approximate surface area is 173 Å². The summed E-state index contributed by atoms with van der Waals surface area (Å²) in [6.45, 7) is 15.7. The monoisotopic (exact) mass is 398 g/mol. The van der Waals surface area contributed by atoms with Gasteiger partial charge in [0.05, 0.1) is 0 Å². The van der Waals surface area contributed by atoms with Gasteiger partial charge in [0, 0.05) is 6.42 Å². The molecular formula is C25H38O2Si. The van der Waals surface area contributed by atoms with E-state index < -0.39 is 8.32 Å². The number of rotatable bonds is 8. The van der Waals surface area contributed by atoms with Crippen LogP contribution >= 0.6 is 0 Å². The summed E-state index contributed by atoms with van der Waals surface area (Å²) in [7, 11) is -1.80. The summed E-state index contributed by atoms with van der Waals surface area (Å²) >= 11 is 0. The second kappa shape index (κ2) is 9.26. The smallest absolute Gasteiger partial charge is 0.250 e.